The lowest BCUT2D eigenvalue weighted by Crippen LogP contribution is -2.06. The van der Waals surface area contributed by atoms with Gasteiger partial charge in [0.15, 0.2) is 0 Å². The maximum Gasteiger partial charge on any atom is 0.339 e. The molecule has 0 fully saturated rings. The van der Waals surface area contributed by atoms with Crippen LogP contribution in [-0.2, 0) is 4.74 Å². The Bertz CT molecular complexity index is 674. The molecule has 2 aromatic carbocycles. The lowest BCUT2D eigenvalue weighted by Gasteiger charge is -2.13. The predicted octanol–water partition coefficient (Wildman–Crippen LogP) is 3.46. The summed E-state index contributed by atoms with van der Waals surface area (Å²) in [5, 5.41) is 3.58. The van der Waals surface area contributed by atoms with Gasteiger partial charge in [-0.2, -0.15) is 0 Å². The fraction of sp³-hybridized carbons (Fsp3) is 0.133. The summed E-state index contributed by atoms with van der Waals surface area (Å²) in [6, 6.07) is 10.1. The summed E-state index contributed by atoms with van der Waals surface area (Å²) in [5.41, 5.74) is 7.97. The summed E-state index contributed by atoms with van der Waals surface area (Å²) in [4.78, 5) is 11.8. The number of nitrogens with two attached hydrogens (primary N) is 1. The van der Waals surface area contributed by atoms with Crippen LogP contribution < -0.4 is 15.8 Å². The molecular formula is C15H15ClN2O3. The Labute approximate surface area is 127 Å². The monoisotopic (exact) mass is 306 g/mol. The van der Waals surface area contributed by atoms with Gasteiger partial charge in [0, 0.05) is 11.1 Å². The lowest BCUT2D eigenvalue weighted by atomic mass is 10.1. The van der Waals surface area contributed by atoms with Gasteiger partial charge in [-0.1, -0.05) is 11.6 Å². The van der Waals surface area contributed by atoms with Gasteiger partial charge >= 0.3 is 5.97 Å². The van der Waals surface area contributed by atoms with E-state index < -0.39 is 5.97 Å². The molecule has 110 valence electrons. The van der Waals surface area contributed by atoms with Crippen LogP contribution >= 0.6 is 11.6 Å². The number of ether oxygens (including phenoxy) is 2. The zero-order valence-corrected chi connectivity index (χ0v) is 12.4. The third-order valence-corrected chi connectivity index (χ3v) is 3.15. The highest BCUT2D eigenvalue weighted by Crippen LogP contribution is 2.30. The molecule has 0 amide bonds. The van der Waals surface area contributed by atoms with E-state index in [1.807, 2.05) is 0 Å². The minimum absolute atomic E-state index is 0.372. The van der Waals surface area contributed by atoms with Gasteiger partial charge < -0.3 is 20.5 Å². The molecular weight excluding hydrogens is 292 g/mol. The molecule has 0 spiro atoms. The Kier molecular flexibility index (Phi) is 4.55. The second-order valence-corrected chi connectivity index (χ2v) is 4.70. The number of anilines is 3. The van der Waals surface area contributed by atoms with Crippen molar-refractivity contribution in [1.82, 2.24) is 0 Å². The highest BCUT2D eigenvalue weighted by atomic mass is 35.5. The van der Waals surface area contributed by atoms with Gasteiger partial charge in [0.1, 0.15) is 5.75 Å². The van der Waals surface area contributed by atoms with E-state index in [1.165, 1.54) is 7.11 Å². The first-order chi connectivity index (χ1) is 10.0. The van der Waals surface area contributed by atoms with Crippen molar-refractivity contribution >= 4 is 34.6 Å². The fourth-order valence-corrected chi connectivity index (χ4v) is 2.01. The number of nitrogen functional groups attached to an aromatic ring is 1. The van der Waals surface area contributed by atoms with Gasteiger partial charge in [-0.3, -0.25) is 0 Å². The van der Waals surface area contributed by atoms with E-state index >= 15 is 0 Å². The Morgan fingerprint density at radius 1 is 1.14 bits per heavy atom. The molecule has 0 atom stereocenters. The van der Waals surface area contributed by atoms with E-state index in [4.69, 9.17) is 26.8 Å². The molecule has 0 unspecified atom stereocenters. The van der Waals surface area contributed by atoms with Crippen molar-refractivity contribution < 1.29 is 14.3 Å². The van der Waals surface area contributed by atoms with E-state index in [2.05, 4.69) is 5.32 Å². The van der Waals surface area contributed by atoms with Crippen LogP contribution in [0.1, 0.15) is 10.4 Å². The van der Waals surface area contributed by atoms with E-state index in [-0.39, 0.29) is 0 Å². The Balaban J connectivity index is 2.39. The highest BCUT2D eigenvalue weighted by molar-refractivity contribution is 6.31. The number of rotatable bonds is 4. The summed E-state index contributed by atoms with van der Waals surface area (Å²) in [6.45, 7) is 0. The summed E-state index contributed by atoms with van der Waals surface area (Å²) < 4.78 is 9.84. The summed E-state index contributed by atoms with van der Waals surface area (Å²) >= 11 is 5.98. The number of hydrogen-bond acceptors (Lipinski definition) is 5. The van der Waals surface area contributed by atoms with Crippen LogP contribution in [0.4, 0.5) is 17.1 Å². The number of benzene rings is 2. The molecule has 2 rings (SSSR count). The van der Waals surface area contributed by atoms with Gasteiger partial charge in [-0.25, -0.2) is 4.79 Å². The van der Waals surface area contributed by atoms with Crippen molar-refractivity contribution in [3.8, 4) is 5.75 Å². The van der Waals surface area contributed by atoms with Crippen LogP contribution in [-0.4, -0.2) is 20.2 Å². The Hall–Kier alpha value is -2.40. The summed E-state index contributed by atoms with van der Waals surface area (Å²) in [7, 11) is 2.89. The second-order valence-electron chi connectivity index (χ2n) is 4.26. The maximum atomic E-state index is 11.8. The smallest absolute Gasteiger partial charge is 0.339 e. The number of carbonyl (C=O) groups excluding carboxylic acids is 1. The summed E-state index contributed by atoms with van der Waals surface area (Å²) in [6.07, 6.45) is 0. The molecule has 0 saturated carbocycles. The molecule has 0 aliphatic carbocycles. The van der Waals surface area contributed by atoms with Crippen molar-refractivity contribution in [2.24, 2.45) is 0 Å². The van der Waals surface area contributed by atoms with Gasteiger partial charge in [-0.15, -0.1) is 0 Å². The normalized spacial score (nSPS) is 10.0. The quantitative estimate of drug-likeness (QED) is 0.668. The molecule has 0 bridgehead atoms. The number of hydrogen-bond donors (Lipinski definition) is 2. The molecule has 2 aromatic rings. The number of halogens is 1. The third-order valence-electron chi connectivity index (χ3n) is 2.91. The largest absolute Gasteiger partial charge is 0.497 e. The van der Waals surface area contributed by atoms with E-state index in [1.54, 1.807) is 43.5 Å². The standard InChI is InChI=1S/C15H15ClN2O3/c1-20-10-4-6-13(12(17)8-10)18-14-7-9(16)3-5-11(14)15(19)21-2/h3-8,18H,17H2,1-2H3. The number of esters is 1. The molecule has 0 aliphatic rings. The molecule has 5 nitrogen and oxygen atoms in total. The first-order valence-corrected chi connectivity index (χ1v) is 6.51. The van der Waals surface area contributed by atoms with Crippen LogP contribution in [0.3, 0.4) is 0 Å². The highest BCUT2D eigenvalue weighted by Gasteiger charge is 2.13. The summed E-state index contributed by atoms with van der Waals surface area (Å²) in [5.74, 6) is 0.193. The van der Waals surface area contributed by atoms with E-state index in [0.29, 0.717) is 33.4 Å². The van der Waals surface area contributed by atoms with E-state index in [0.717, 1.165) is 0 Å². The van der Waals surface area contributed by atoms with Crippen LogP contribution in [0, 0.1) is 0 Å². The molecule has 0 aliphatic heterocycles. The number of nitrogens with one attached hydrogen (secondary N) is 1. The van der Waals surface area contributed by atoms with Gasteiger partial charge in [0.2, 0.25) is 0 Å². The van der Waals surface area contributed by atoms with Crippen molar-refractivity contribution in [3.05, 3.63) is 47.0 Å². The average Bonchev–Trinajstić information content (AvgIpc) is 2.48. The topological polar surface area (TPSA) is 73.6 Å². The lowest BCUT2D eigenvalue weighted by molar-refractivity contribution is 0.0602. The number of carbonyl (C=O) groups is 1. The minimum Gasteiger partial charge on any atom is -0.497 e. The van der Waals surface area contributed by atoms with Crippen LogP contribution in [0.25, 0.3) is 0 Å². The fourth-order valence-electron chi connectivity index (χ4n) is 1.83. The molecule has 0 heterocycles. The molecule has 3 N–H and O–H groups in total. The Morgan fingerprint density at radius 3 is 2.52 bits per heavy atom. The minimum atomic E-state index is -0.457. The average molecular weight is 307 g/mol. The van der Waals surface area contributed by atoms with Gasteiger partial charge in [0.05, 0.1) is 36.8 Å². The van der Waals surface area contributed by atoms with Crippen LogP contribution in [0.15, 0.2) is 36.4 Å². The zero-order chi connectivity index (χ0) is 15.4. The first kappa shape index (κ1) is 15.0. The van der Waals surface area contributed by atoms with Gasteiger partial charge in [-0.05, 0) is 30.3 Å². The van der Waals surface area contributed by atoms with Crippen molar-refractivity contribution in [3.63, 3.8) is 0 Å². The molecule has 0 aromatic heterocycles. The first-order valence-electron chi connectivity index (χ1n) is 6.13. The maximum absolute atomic E-state index is 11.8. The van der Waals surface area contributed by atoms with Crippen LogP contribution in [0.2, 0.25) is 5.02 Å². The zero-order valence-electron chi connectivity index (χ0n) is 11.6. The van der Waals surface area contributed by atoms with Gasteiger partial charge in [0.25, 0.3) is 0 Å². The van der Waals surface area contributed by atoms with Crippen molar-refractivity contribution in [2.45, 2.75) is 0 Å². The SMILES string of the molecule is COC(=O)c1ccc(Cl)cc1Nc1ccc(OC)cc1N. The third kappa shape index (κ3) is 3.38. The van der Waals surface area contributed by atoms with Crippen molar-refractivity contribution in [1.29, 1.82) is 0 Å². The Morgan fingerprint density at radius 2 is 1.90 bits per heavy atom. The molecule has 6 heteroatoms. The molecule has 21 heavy (non-hydrogen) atoms. The van der Waals surface area contributed by atoms with E-state index in [9.17, 15) is 4.79 Å². The van der Waals surface area contributed by atoms with Crippen molar-refractivity contribution in [2.75, 3.05) is 25.3 Å². The molecule has 0 saturated heterocycles. The second kappa shape index (κ2) is 6.37. The number of methoxy groups -OCH3 is 2. The molecule has 0 radical (unpaired) electrons. The predicted molar refractivity (Wildman–Crippen MR) is 83.5 cm³/mol. The van der Waals surface area contributed by atoms with Crippen LogP contribution in [0.5, 0.6) is 5.75 Å².